The van der Waals surface area contributed by atoms with Gasteiger partial charge in [0.15, 0.2) is 0 Å². The van der Waals surface area contributed by atoms with Gasteiger partial charge in [-0.1, -0.05) is 11.6 Å². The summed E-state index contributed by atoms with van der Waals surface area (Å²) >= 11 is 5.72. The average Bonchev–Trinajstić information content (AvgIpc) is 2.46. The normalized spacial score (nSPS) is 11.7. The van der Waals surface area contributed by atoms with E-state index in [4.69, 9.17) is 16.3 Å². The first-order chi connectivity index (χ1) is 9.51. The Morgan fingerprint density at radius 2 is 1.65 bits per heavy atom. The maximum Gasteiger partial charge on any atom is 0.282 e. The molecular weight excluding hydrogens is 298 g/mol. The molecule has 0 spiro atoms. The van der Waals surface area contributed by atoms with Crippen LogP contribution in [0.25, 0.3) is 0 Å². The van der Waals surface area contributed by atoms with Crippen molar-refractivity contribution in [2.45, 2.75) is 4.90 Å². The molecule has 0 saturated carbocycles. The van der Waals surface area contributed by atoms with Crippen molar-refractivity contribution in [2.24, 2.45) is 4.40 Å². The van der Waals surface area contributed by atoms with Gasteiger partial charge in [0.25, 0.3) is 10.0 Å². The number of rotatable bonds is 4. The molecule has 0 bridgehead atoms. The molecule has 2 rings (SSSR count). The number of nitrogens with zero attached hydrogens (tertiary/aromatic N) is 1. The molecule has 0 heterocycles. The number of hydrogen-bond acceptors (Lipinski definition) is 3. The minimum absolute atomic E-state index is 0.103. The fourth-order valence-corrected chi connectivity index (χ4v) is 2.48. The van der Waals surface area contributed by atoms with Crippen molar-refractivity contribution >= 4 is 27.8 Å². The Balaban J connectivity index is 2.22. The summed E-state index contributed by atoms with van der Waals surface area (Å²) in [6.45, 7) is 0. The van der Waals surface area contributed by atoms with E-state index in [1.165, 1.54) is 30.5 Å². The highest BCUT2D eigenvalue weighted by Crippen LogP contribution is 2.16. The van der Waals surface area contributed by atoms with Crippen LogP contribution in [-0.4, -0.2) is 21.7 Å². The molecule has 0 fully saturated rings. The SMILES string of the molecule is COc1ccc(/C=N/S(=O)(=O)c2ccc(Cl)cc2)cc1. The summed E-state index contributed by atoms with van der Waals surface area (Å²) in [6, 6.07) is 12.8. The van der Waals surface area contributed by atoms with Crippen LogP contribution in [0.15, 0.2) is 57.8 Å². The number of benzene rings is 2. The molecule has 0 aliphatic heterocycles. The molecule has 6 heteroatoms. The highest BCUT2D eigenvalue weighted by atomic mass is 35.5. The molecule has 0 unspecified atom stereocenters. The van der Waals surface area contributed by atoms with E-state index in [-0.39, 0.29) is 4.90 Å². The summed E-state index contributed by atoms with van der Waals surface area (Å²) in [7, 11) is -2.15. The Kier molecular flexibility index (Phi) is 4.42. The fraction of sp³-hybridized carbons (Fsp3) is 0.0714. The summed E-state index contributed by atoms with van der Waals surface area (Å²) in [4.78, 5) is 0.103. The van der Waals surface area contributed by atoms with Gasteiger partial charge in [-0.25, -0.2) is 0 Å². The average molecular weight is 310 g/mol. The van der Waals surface area contributed by atoms with Crippen LogP contribution >= 0.6 is 11.6 Å². The lowest BCUT2D eigenvalue weighted by Crippen LogP contribution is -1.97. The van der Waals surface area contributed by atoms with Crippen molar-refractivity contribution in [1.29, 1.82) is 0 Å². The first-order valence-electron chi connectivity index (χ1n) is 5.71. The van der Waals surface area contributed by atoms with Gasteiger partial charge in [0.1, 0.15) is 5.75 Å². The molecule has 2 aromatic rings. The smallest absolute Gasteiger partial charge is 0.282 e. The van der Waals surface area contributed by atoms with Crippen molar-refractivity contribution in [3.05, 3.63) is 59.1 Å². The molecular formula is C14H12ClNO3S. The van der Waals surface area contributed by atoms with Crippen LogP contribution in [0.3, 0.4) is 0 Å². The third-order valence-electron chi connectivity index (χ3n) is 2.57. The van der Waals surface area contributed by atoms with Gasteiger partial charge in [-0.3, -0.25) is 0 Å². The van der Waals surface area contributed by atoms with E-state index in [2.05, 4.69) is 4.40 Å². The second-order valence-corrected chi connectivity index (χ2v) is 6.01. The van der Waals surface area contributed by atoms with Crippen LogP contribution in [0, 0.1) is 0 Å². The summed E-state index contributed by atoms with van der Waals surface area (Å²) in [5, 5.41) is 0.475. The van der Waals surface area contributed by atoms with Gasteiger partial charge in [-0.2, -0.15) is 12.8 Å². The lowest BCUT2D eigenvalue weighted by atomic mass is 10.2. The van der Waals surface area contributed by atoms with E-state index in [1.807, 2.05) is 0 Å². The maximum atomic E-state index is 12.0. The molecule has 104 valence electrons. The van der Waals surface area contributed by atoms with Gasteiger partial charge in [0, 0.05) is 11.2 Å². The van der Waals surface area contributed by atoms with Gasteiger partial charge >= 0.3 is 0 Å². The molecule has 20 heavy (non-hydrogen) atoms. The lowest BCUT2D eigenvalue weighted by Gasteiger charge is -2.00. The van der Waals surface area contributed by atoms with Crippen LogP contribution < -0.4 is 4.74 Å². The Bertz CT molecular complexity index is 707. The molecule has 0 aliphatic rings. The molecule has 0 atom stereocenters. The highest BCUT2D eigenvalue weighted by Gasteiger charge is 2.10. The van der Waals surface area contributed by atoms with E-state index in [9.17, 15) is 8.42 Å². The fourth-order valence-electron chi connectivity index (χ4n) is 1.49. The third kappa shape index (κ3) is 3.59. The van der Waals surface area contributed by atoms with Crippen molar-refractivity contribution < 1.29 is 13.2 Å². The summed E-state index contributed by atoms with van der Waals surface area (Å²) < 4.78 is 32.6. The molecule has 2 aromatic carbocycles. The largest absolute Gasteiger partial charge is 0.497 e. The number of methoxy groups -OCH3 is 1. The van der Waals surface area contributed by atoms with Crippen LogP contribution in [0.5, 0.6) is 5.75 Å². The Morgan fingerprint density at radius 3 is 2.20 bits per heavy atom. The van der Waals surface area contributed by atoms with Gasteiger partial charge in [0.2, 0.25) is 0 Å². The molecule has 0 saturated heterocycles. The first kappa shape index (κ1) is 14.6. The Hall–Kier alpha value is -1.85. The number of hydrogen-bond donors (Lipinski definition) is 0. The van der Waals surface area contributed by atoms with Crippen molar-refractivity contribution in [1.82, 2.24) is 0 Å². The summed E-state index contributed by atoms with van der Waals surface area (Å²) in [5.41, 5.74) is 0.670. The van der Waals surface area contributed by atoms with Crippen molar-refractivity contribution in [3.8, 4) is 5.75 Å². The van der Waals surface area contributed by atoms with Crippen molar-refractivity contribution in [2.75, 3.05) is 7.11 Å². The monoisotopic (exact) mass is 309 g/mol. The zero-order chi connectivity index (χ0) is 14.6. The maximum absolute atomic E-state index is 12.0. The quantitative estimate of drug-likeness (QED) is 0.815. The second kappa shape index (κ2) is 6.07. The van der Waals surface area contributed by atoms with Gasteiger partial charge in [-0.05, 0) is 54.1 Å². The molecule has 0 N–H and O–H groups in total. The van der Waals surface area contributed by atoms with E-state index in [1.54, 1.807) is 31.4 Å². The van der Waals surface area contributed by atoms with E-state index in [0.29, 0.717) is 16.3 Å². The molecule has 0 aromatic heterocycles. The van der Waals surface area contributed by atoms with Gasteiger partial charge in [-0.15, -0.1) is 0 Å². The zero-order valence-electron chi connectivity index (χ0n) is 10.7. The van der Waals surface area contributed by atoms with Crippen LogP contribution in [-0.2, 0) is 10.0 Å². The van der Waals surface area contributed by atoms with Crippen molar-refractivity contribution in [3.63, 3.8) is 0 Å². The number of halogens is 1. The van der Waals surface area contributed by atoms with E-state index >= 15 is 0 Å². The minimum atomic E-state index is -3.71. The molecule has 0 aliphatic carbocycles. The highest BCUT2D eigenvalue weighted by molar-refractivity contribution is 7.90. The van der Waals surface area contributed by atoms with Crippen LogP contribution in [0.2, 0.25) is 5.02 Å². The molecule has 4 nitrogen and oxygen atoms in total. The zero-order valence-corrected chi connectivity index (χ0v) is 12.2. The lowest BCUT2D eigenvalue weighted by molar-refractivity contribution is 0.415. The topological polar surface area (TPSA) is 55.7 Å². The first-order valence-corrected chi connectivity index (χ1v) is 7.53. The van der Waals surface area contributed by atoms with Gasteiger partial charge in [0.05, 0.1) is 12.0 Å². The van der Waals surface area contributed by atoms with Crippen LogP contribution in [0.1, 0.15) is 5.56 Å². The summed E-state index contributed by atoms with van der Waals surface area (Å²) in [5.74, 6) is 0.697. The predicted octanol–water partition coefficient (Wildman–Crippen LogP) is 3.16. The Labute approximate surface area is 122 Å². The van der Waals surface area contributed by atoms with E-state index in [0.717, 1.165) is 0 Å². The second-order valence-electron chi connectivity index (χ2n) is 3.94. The third-order valence-corrected chi connectivity index (χ3v) is 4.07. The molecule has 0 radical (unpaired) electrons. The standard InChI is InChI=1S/C14H12ClNO3S/c1-19-13-6-2-11(3-7-13)10-16-20(17,18)14-8-4-12(15)5-9-14/h2-10H,1H3/b16-10+. The minimum Gasteiger partial charge on any atom is -0.497 e. The van der Waals surface area contributed by atoms with E-state index < -0.39 is 10.0 Å². The number of ether oxygens (including phenoxy) is 1. The summed E-state index contributed by atoms with van der Waals surface area (Å²) in [6.07, 6.45) is 1.30. The molecule has 0 amide bonds. The Morgan fingerprint density at radius 1 is 1.05 bits per heavy atom. The predicted molar refractivity (Wildman–Crippen MR) is 79.2 cm³/mol. The number of sulfonamides is 1. The van der Waals surface area contributed by atoms with Gasteiger partial charge < -0.3 is 4.74 Å². The van der Waals surface area contributed by atoms with Crippen LogP contribution in [0.4, 0.5) is 0 Å².